The van der Waals surface area contributed by atoms with Crippen molar-refractivity contribution in [1.82, 2.24) is 14.7 Å². The summed E-state index contributed by atoms with van der Waals surface area (Å²) >= 11 is 0. The SMILES string of the molecule is C=CC(=C)CCC(OC(C)CN(CCCN(C)C)CCCN(C)C)C(=C)C. The van der Waals surface area contributed by atoms with Crippen molar-refractivity contribution in [3.8, 4) is 0 Å². The van der Waals surface area contributed by atoms with Crippen LogP contribution < -0.4 is 0 Å². The van der Waals surface area contributed by atoms with Gasteiger partial charge in [-0.15, -0.1) is 0 Å². The van der Waals surface area contributed by atoms with E-state index in [0.717, 1.165) is 56.7 Å². The molecule has 0 aromatic carbocycles. The van der Waals surface area contributed by atoms with Gasteiger partial charge in [0.1, 0.15) is 0 Å². The van der Waals surface area contributed by atoms with E-state index in [9.17, 15) is 0 Å². The molecule has 0 spiro atoms. The zero-order valence-electron chi connectivity index (χ0n) is 19.0. The van der Waals surface area contributed by atoms with Crippen LogP contribution in [0.25, 0.3) is 0 Å². The zero-order chi connectivity index (χ0) is 20.8. The standard InChI is InChI=1S/C23H45N3O/c1-10-21(4)13-14-23(20(2)3)27-22(5)19-26(17-11-15-24(6)7)18-12-16-25(8)9/h10,22-23H,1-2,4,11-19H2,3,5-9H3. The summed E-state index contributed by atoms with van der Waals surface area (Å²) in [6, 6.07) is 0. The van der Waals surface area contributed by atoms with E-state index in [0.29, 0.717) is 0 Å². The third-order valence-electron chi connectivity index (χ3n) is 4.64. The molecule has 0 fully saturated rings. The van der Waals surface area contributed by atoms with Crippen LogP contribution in [-0.2, 0) is 4.74 Å². The Morgan fingerprint density at radius 1 is 0.963 bits per heavy atom. The first-order valence-corrected chi connectivity index (χ1v) is 10.3. The van der Waals surface area contributed by atoms with Crippen LogP contribution in [0.2, 0.25) is 0 Å². The molecule has 0 rings (SSSR count). The molecule has 0 saturated carbocycles. The molecule has 0 radical (unpaired) electrons. The molecule has 2 unspecified atom stereocenters. The fraction of sp³-hybridized carbons (Fsp3) is 0.739. The lowest BCUT2D eigenvalue weighted by Gasteiger charge is -2.29. The Labute approximate surface area is 169 Å². The summed E-state index contributed by atoms with van der Waals surface area (Å²) in [5.41, 5.74) is 2.15. The van der Waals surface area contributed by atoms with E-state index in [2.05, 4.69) is 76.5 Å². The average Bonchev–Trinajstić information content (AvgIpc) is 2.56. The maximum Gasteiger partial charge on any atom is 0.0787 e. The summed E-state index contributed by atoms with van der Waals surface area (Å²) in [6.07, 6.45) is 6.30. The van der Waals surface area contributed by atoms with Gasteiger partial charge in [0.05, 0.1) is 12.2 Å². The smallest absolute Gasteiger partial charge is 0.0787 e. The summed E-state index contributed by atoms with van der Waals surface area (Å²) in [6.45, 7) is 21.6. The predicted octanol–water partition coefficient (Wildman–Crippen LogP) is 4.06. The Balaban J connectivity index is 4.60. The van der Waals surface area contributed by atoms with E-state index < -0.39 is 0 Å². The normalized spacial score (nSPS) is 14.0. The van der Waals surface area contributed by atoms with Crippen molar-refractivity contribution in [2.24, 2.45) is 0 Å². The van der Waals surface area contributed by atoms with Gasteiger partial charge < -0.3 is 19.4 Å². The number of rotatable bonds is 17. The molecule has 0 aliphatic heterocycles. The second-order valence-electron chi connectivity index (χ2n) is 8.30. The first kappa shape index (κ1) is 26.1. The topological polar surface area (TPSA) is 19.0 Å². The van der Waals surface area contributed by atoms with Crippen molar-refractivity contribution >= 4 is 0 Å². The average molecular weight is 380 g/mol. The molecule has 0 aliphatic rings. The summed E-state index contributed by atoms with van der Waals surface area (Å²) in [7, 11) is 8.54. The molecular formula is C23H45N3O. The van der Waals surface area contributed by atoms with E-state index in [4.69, 9.17) is 4.74 Å². The molecule has 0 N–H and O–H groups in total. The summed E-state index contributed by atoms with van der Waals surface area (Å²) in [4.78, 5) is 7.05. The van der Waals surface area contributed by atoms with Crippen LogP contribution in [-0.4, -0.2) is 87.8 Å². The van der Waals surface area contributed by atoms with Gasteiger partial charge in [-0.05, 0) is 93.9 Å². The minimum Gasteiger partial charge on any atom is -0.370 e. The molecule has 4 heteroatoms. The number of ether oxygens (including phenoxy) is 1. The van der Waals surface area contributed by atoms with Crippen molar-refractivity contribution in [3.63, 3.8) is 0 Å². The van der Waals surface area contributed by atoms with Crippen LogP contribution in [0.15, 0.2) is 37.0 Å². The summed E-state index contributed by atoms with van der Waals surface area (Å²) in [5.74, 6) is 0. The first-order valence-electron chi connectivity index (χ1n) is 10.3. The van der Waals surface area contributed by atoms with Crippen molar-refractivity contribution in [2.75, 3.05) is 60.9 Å². The van der Waals surface area contributed by atoms with Crippen molar-refractivity contribution in [3.05, 3.63) is 37.0 Å². The quantitative estimate of drug-likeness (QED) is 0.280. The number of nitrogens with zero attached hydrogens (tertiary/aromatic N) is 3. The molecule has 4 nitrogen and oxygen atoms in total. The first-order chi connectivity index (χ1) is 12.6. The van der Waals surface area contributed by atoms with Gasteiger partial charge in [-0.1, -0.05) is 37.0 Å². The largest absolute Gasteiger partial charge is 0.370 e. The maximum atomic E-state index is 6.35. The zero-order valence-corrected chi connectivity index (χ0v) is 19.0. The number of allylic oxidation sites excluding steroid dienone is 2. The van der Waals surface area contributed by atoms with Crippen LogP contribution in [0.5, 0.6) is 0 Å². The second-order valence-corrected chi connectivity index (χ2v) is 8.30. The third kappa shape index (κ3) is 14.7. The van der Waals surface area contributed by atoms with Gasteiger partial charge in [-0.25, -0.2) is 0 Å². The van der Waals surface area contributed by atoms with Gasteiger partial charge >= 0.3 is 0 Å². The molecule has 0 aromatic rings. The Kier molecular flexibility index (Phi) is 14.5. The van der Waals surface area contributed by atoms with Gasteiger partial charge in [0, 0.05) is 6.54 Å². The van der Waals surface area contributed by atoms with Gasteiger partial charge in [0.15, 0.2) is 0 Å². The van der Waals surface area contributed by atoms with E-state index in [1.54, 1.807) is 0 Å². The van der Waals surface area contributed by atoms with Crippen LogP contribution >= 0.6 is 0 Å². The molecule has 0 saturated heterocycles. The lowest BCUT2D eigenvalue weighted by molar-refractivity contribution is -0.00561. The Hall–Kier alpha value is -0.940. The molecule has 158 valence electrons. The van der Waals surface area contributed by atoms with Crippen LogP contribution in [0.1, 0.15) is 39.5 Å². The van der Waals surface area contributed by atoms with Gasteiger partial charge in [0.2, 0.25) is 0 Å². The molecule has 0 heterocycles. The van der Waals surface area contributed by atoms with Crippen LogP contribution in [0.4, 0.5) is 0 Å². The molecule has 2 atom stereocenters. The number of hydrogen-bond donors (Lipinski definition) is 0. The predicted molar refractivity (Wildman–Crippen MR) is 121 cm³/mol. The highest BCUT2D eigenvalue weighted by Crippen LogP contribution is 2.17. The highest BCUT2D eigenvalue weighted by Gasteiger charge is 2.17. The van der Waals surface area contributed by atoms with Crippen LogP contribution in [0.3, 0.4) is 0 Å². The van der Waals surface area contributed by atoms with Crippen LogP contribution in [0, 0.1) is 0 Å². The fourth-order valence-corrected chi connectivity index (χ4v) is 3.05. The fourth-order valence-electron chi connectivity index (χ4n) is 3.05. The second kappa shape index (κ2) is 15.0. The van der Waals surface area contributed by atoms with E-state index >= 15 is 0 Å². The van der Waals surface area contributed by atoms with Crippen molar-refractivity contribution < 1.29 is 4.74 Å². The van der Waals surface area contributed by atoms with Gasteiger partial charge in [-0.3, -0.25) is 0 Å². The van der Waals surface area contributed by atoms with Crippen molar-refractivity contribution in [1.29, 1.82) is 0 Å². The highest BCUT2D eigenvalue weighted by molar-refractivity contribution is 5.12. The molecular weight excluding hydrogens is 334 g/mol. The lowest BCUT2D eigenvalue weighted by Crippen LogP contribution is -2.37. The van der Waals surface area contributed by atoms with E-state index in [1.807, 2.05) is 6.08 Å². The van der Waals surface area contributed by atoms with E-state index in [-0.39, 0.29) is 12.2 Å². The Morgan fingerprint density at radius 2 is 1.48 bits per heavy atom. The molecule has 27 heavy (non-hydrogen) atoms. The molecule has 0 aromatic heterocycles. The minimum atomic E-state index is 0.0853. The number of hydrogen-bond acceptors (Lipinski definition) is 4. The summed E-state index contributed by atoms with van der Waals surface area (Å²) < 4.78 is 6.35. The molecule has 0 bridgehead atoms. The molecule has 0 aliphatic carbocycles. The highest BCUT2D eigenvalue weighted by atomic mass is 16.5. The Morgan fingerprint density at radius 3 is 1.89 bits per heavy atom. The molecule has 0 amide bonds. The van der Waals surface area contributed by atoms with Gasteiger partial charge in [-0.2, -0.15) is 0 Å². The monoisotopic (exact) mass is 379 g/mol. The third-order valence-corrected chi connectivity index (χ3v) is 4.64. The van der Waals surface area contributed by atoms with Crippen molar-refractivity contribution in [2.45, 2.75) is 51.7 Å². The van der Waals surface area contributed by atoms with Gasteiger partial charge in [0.25, 0.3) is 0 Å². The Bertz CT molecular complexity index is 417. The lowest BCUT2D eigenvalue weighted by atomic mass is 10.0. The maximum absolute atomic E-state index is 6.35. The minimum absolute atomic E-state index is 0.0853. The van der Waals surface area contributed by atoms with E-state index in [1.165, 1.54) is 12.8 Å². The summed E-state index contributed by atoms with van der Waals surface area (Å²) in [5, 5.41) is 0.